The van der Waals surface area contributed by atoms with E-state index in [4.69, 9.17) is 0 Å². The third-order valence-corrected chi connectivity index (χ3v) is 13.3. The zero-order chi connectivity index (χ0) is 44.5. The molecule has 1 saturated heterocycles. The summed E-state index contributed by atoms with van der Waals surface area (Å²) in [6, 6.07) is 0. The lowest BCUT2D eigenvalue weighted by Gasteiger charge is -2.32. The molecular weight excluding hydrogens is 749 g/mol. The smallest absolute Gasteiger partial charge is 0.222 e. The summed E-state index contributed by atoms with van der Waals surface area (Å²) in [6.45, 7) is 20.5. The number of aldehydes is 1. The fourth-order valence-corrected chi connectivity index (χ4v) is 8.94. The highest BCUT2D eigenvalue weighted by Crippen LogP contribution is 2.15. The van der Waals surface area contributed by atoms with E-state index in [9.17, 15) is 9.59 Å². The molecule has 1 amide bonds. The van der Waals surface area contributed by atoms with Gasteiger partial charge in [-0.25, -0.2) is 0 Å². The Bertz CT molecular complexity index is 823. The van der Waals surface area contributed by atoms with Gasteiger partial charge in [0, 0.05) is 39.0 Å². The summed E-state index contributed by atoms with van der Waals surface area (Å²) in [5.41, 5.74) is 0. The van der Waals surface area contributed by atoms with Crippen LogP contribution in [0.25, 0.3) is 0 Å². The third-order valence-electron chi connectivity index (χ3n) is 13.3. The van der Waals surface area contributed by atoms with Crippen LogP contribution in [0, 0.1) is 0 Å². The summed E-state index contributed by atoms with van der Waals surface area (Å²) in [7, 11) is 2.15. The van der Waals surface area contributed by atoms with Crippen LogP contribution in [-0.2, 0) is 9.59 Å². The fourth-order valence-electron chi connectivity index (χ4n) is 8.94. The van der Waals surface area contributed by atoms with Gasteiger partial charge in [0.2, 0.25) is 5.91 Å². The fraction of sp³-hybridized carbons (Fsp3) is 0.964. The SMILES string of the molecule is CCCCCCCCCCN(CCCCC=O)CCCCCCCCCC.CCCCCCCCCCN(CCCCCCCCCC)CCCCC(=O)N1CCN(C)CC1. The van der Waals surface area contributed by atoms with E-state index in [0.29, 0.717) is 5.91 Å². The average Bonchev–Trinajstić information content (AvgIpc) is 3.27. The van der Waals surface area contributed by atoms with Crippen molar-refractivity contribution in [2.75, 3.05) is 72.5 Å². The molecule has 1 rings (SSSR count). The summed E-state index contributed by atoms with van der Waals surface area (Å²) in [5.74, 6) is 0.380. The maximum atomic E-state index is 12.5. The summed E-state index contributed by atoms with van der Waals surface area (Å²) in [4.78, 5) is 32.8. The van der Waals surface area contributed by atoms with Crippen LogP contribution in [-0.4, -0.2) is 104 Å². The lowest BCUT2D eigenvalue weighted by molar-refractivity contribution is -0.132. The highest BCUT2D eigenvalue weighted by Gasteiger charge is 2.18. The molecule has 364 valence electrons. The van der Waals surface area contributed by atoms with Gasteiger partial charge in [0.05, 0.1) is 0 Å². The number of piperazine rings is 1. The predicted octanol–water partition coefficient (Wildman–Crippen LogP) is 15.5. The van der Waals surface area contributed by atoms with Crippen molar-refractivity contribution in [3.63, 3.8) is 0 Å². The lowest BCUT2D eigenvalue weighted by atomic mass is 10.1. The van der Waals surface area contributed by atoms with E-state index in [0.717, 1.165) is 58.1 Å². The van der Waals surface area contributed by atoms with Crippen molar-refractivity contribution in [3.05, 3.63) is 0 Å². The molecule has 0 bridgehead atoms. The van der Waals surface area contributed by atoms with Crippen LogP contribution in [0.3, 0.4) is 0 Å². The Kier molecular flexibility index (Phi) is 49.2. The molecule has 0 spiro atoms. The molecule has 1 aliphatic rings. The van der Waals surface area contributed by atoms with E-state index in [1.54, 1.807) is 0 Å². The predicted molar refractivity (Wildman–Crippen MR) is 271 cm³/mol. The molecule has 6 heteroatoms. The van der Waals surface area contributed by atoms with E-state index in [-0.39, 0.29) is 0 Å². The van der Waals surface area contributed by atoms with Crippen LogP contribution in [0.15, 0.2) is 0 Å². The molecule has 0 aromatic carbocycles. The Morgan fingerprint density at radius 2 is 0.639 bits per heavy atom. The van der Waals surface area contributed by atoms with Crippen LogP contribution in [0.4, 0.5) is 0 Å². The Balaban J connectivity index is 0.00000121. The van der Waals surface area contributed by atoms with E-state index in [1.165, 1.54) is 258 Å². The van der Waals surface area contributed by atoms with Gasteiger partial charge in [0.25, 0.3) is 0 Å². The number of hydrogen-bond donors (Lipinski definition) is 0. The first-order valence-electron chi connectivity index (χ1n) is 27.9. The van der Waals surface area contributed by atoms with Crippen LogP contribution < -0.4 is 0 Å². The van der Waals surface area contributed by atoms with E-state index in [1.807, 2.05) is 0 Å². The third kappa shape index (κ3) is 44.0. The van der Waals surface area contributed by atoms with Crippen LogP contribution >= 0.6 is 0 Å². The Hall–Kier alpha value is -0.980. The highest BCUT2D eigenvalue weighted by atomic mass is 16.2. The maximum Gasteiger partial charge on any atom is 0.222 e. The summed E-state index contributed by atoms with van der Waals surface area (Å²) >= 11 is 0. The average molecular weight is 862 g/mol. The van der Waals surface area contributed by atoms with Crippen molar-refractivity contribution in [1.82, 2.24) is 19.6 Å². The number of nitrogens with zero attached hydrogens (tertiary/aromatic N) is 4. The summed E-state index contributed by atoms with van der Waals surface area (Å²) in [5, 5.41) is 0. The quantitative estimate of drug-likeness (QED) is 0.0451. The standard InChI is InChI=1S/C30H61N3O.C25H51NO/c1-4-6-8-10-12-14-16-19-23-32(24-20-17-15-13-11-9-7-5-2)25-21-18-22-30(34)33-28-26-31(3)27-29-33;1-3-5-7-9-11-13-15-18-22-26(24-20-17-21-25-27)23-19-16-14-12-10-8-6-4-2/h4-29H2,1-3H3;25H,3-24H2,1-2H3. The molecular formula is C55H112N4O2. The van der Waals surface area contributed by atoms with Gasteiger partial charge in [0.15, 0.2) is 0 Å². The largest absolute Gasteiger partial charge is 0.340 e. The van der Waals surface area contributed by atoms with Crippen molar-refractivity contribution in [3.8, 4) is 0 Å². The summed E-state index contributed by atoms with van der Waals surface area (Å²) < 4.78 is 0. The first kappa shape index (κ1) is 60.0. The van der Waals surface area contributed by atoms with Gasteiger partial charge in [-0.2, -0.15) is 0 Å². The number of hydrogen-bond acceptors (Lipinski definition) is 5. The first-order valence-corrected chi connectivity index (χ1v) is 27.9. The van der Waals surface area contributed by atoms with Gasteiger partial charge in [-0.1, -0.05) is 207 Å². The molecule has 1 aliphatic heterocycles. The first-order chi connectivity index (χ1) is 30.0. The molecule has 1 heterocycles. The minimum Gasteiger partial charge on any atom is -0.340 e. The number of carbonyl (C=O) groups is 2. The van der Waals surface area contributed by atoms with Crippen LogP contribution in [0.1, 0.15) is 272 Å². The molecule has 0 N–H and O–H groups in total. The van der Waals surface area contributed by atoms with Crippen molar-refractivity contribution in [2.45, 2.75) is 272 Å². The number of carbonyl (C=O) groups excluding carboxylic acids is 2. The molecule has 0 saturated carbocycles. The Morgan fingerprint density at radius 1 is 0.377 bits per heavy atom. The molecule has 0 aromatic rings. The topological polar surface area (TPSA) is 47.1 Å². The van der Waals surface area contributed by atoms with Crippen molar-refractivity contribution in [2.24, 2.45) is 0 Å². The second-order valence-electron chi connectivity index (χ2n) is 19.4. The van der Waals surface area contributed by atoms with Crippen molar-refractivity contribution >= 4 is 12.2 Å². The Labute approximate surface area is 384 Å². The van der Waals surface area contributed by atoms with Gasteiger partial charge in [-0.15, -0.1) is 0 Å². The molecule has 1 fully saturated rings. The lowest BCUT2D eigenvalue weighted by Crippen LogP contribution is -2.47. The van der Waals surface area contributed by atoms with Gasteiger partial charge >= 0.3 is 0 Å². The normalized spacial score (nSPS) is 13.3. The second kappa shape index (κ2) is 50.0. The van der Waals surface area contributed by atoms with Gasteiger partial charge < -0.3 is 24.4 Å². The molecule has 0 radical (unpaired) electrons. The minimum atomic E-state index is 0.380. The zero-order valence-electron chi connectivity index (χ0n) is 42.6. The molecule has 0 unspecified atom stereocenters. The molecule has 6 nitrogen and oxygen atoms in total. The van der Waals surface area contributed by atoms with Crippen molar-refractivity contribution < 1.29 is 9.59 Å². The molecule has 0 aliphatic carbocycles. The number of unbranched alkanes of at least 4 members (excludes halogenated alkanes) is 31. The number of likely N-dealkylation sites (N-methyl/N-ethyl adjacent to an activating group) is 1. The minimum absolute atomic E-state index is 0.380. The Morgan fingerprint density at radius 3 is 0.934 bits per heavy atom. The monoisotopic (exact) mass is 861 g/mol. The van der Waals surface area contributed by atoms with E-state index in [2.05, 4.69) is 54.3 Å². The van der Waals surface area contributed by atoms with E-state index < -0.39 is 0 Å². The van der Waals surface area contributed by atoms with Gasteiger partial charge in [0.1, 0.15) is 6.29 Å². The molecule has 0 atom stereocenters. The summed E-state index contributed by atoms with van der Waals surface area (Å²) in [6.07, 6.45) is 51.8. The highest BCUT2D eigenvalue weighted by molar-refractivity contribution is 5.76. The second-order valence-corrected chi connectivity index (χ2v) is 19.4. The van der Waals surface area contributed by atoms with Crippen LogP contribution in [0.5, 0.6) is 0 Å². The van der Waals surface area contributed by atoms with Crippen LogP contribution in [0.2, 0.25) is 0 Å². The maximum absolute atomic E-state index is 12.5. The number of rotatable bonds is 46. The van der Waals surface area contributed by atoms with Gasteiger partial charge in [-0.05, 0) is 97.7 Å². The van der Waals surface area contributed by atoms with Gasteiger partial charge in [-0.3, -0.25) is 4.79 Å². The van der Waals surface area contributed by atoms with E-state index >= 15 is 0 Å². The molecule has 61 heavy (non-hydrogen) atoms. The number of amides is 1. The van der Waals surface area contributed by atoms with Crippen molar-refractivity contribution in [1.29, 1.82) is 0 Å². The molecule has 0 aromatic heterocycles. The zero-order valence-corrected chi connectivity index (χ0v) is 42.6.